The zero-order valence-corrected chi connectivity index (χ0v) is 13.6. The van der Waals surface area contributed by atoms with E-state index in [1.165, 1.54) is 20.4 Å². The standard InChI is InChI=1S/C15H20IN3/c1-3-8-17-9-14-10-18-19(12(14)2)11-13-4-6-15(16)7-5-13/h4-7,10,17H,3,8-9,11H2,1-2H3. The largest absolute Gasteiger partial charge is 0.313 e. The van der Waals surface area contributed by atoms with Crippen LogP contribution in [-0.2, 0) is 13.1 Å². The molecule has 0 saturated heterocycles. The third-order valence-corrected chi connectivity index (χ3v) is 3.91. The monoisotopic (exact) mass is 369 g/mol. The lowest BCUT2D eigenvalue weighted by Crippen LogP contribution is -2.14. The summed E-state index contributed by atoms with van der Waals surface area (Å²) in [5.74, 6) is 0. The van der Waals surface area contributed by atoms with E-state index >= 15 is 0 Å². The quantitative estimate of drug-likeness (QED) is 0.625. The van der Waals surface area contributed by atoms with Crippen LogP contribution in [0, 0.1) is 10.5 Å². The van der Waals surface area contributed by atoms with Gasteiger partial charge in [-0.3, -0.25) is 4.68 Å². The molecule has 0 aliphatic heterocycles. The van der Waals surface area contributed by atoms with Gasteiger partial charge in [0.1, 0.15) is 0 Å². The van der Waals surface area contributed by atoms with E-state index in [0.29, 0.717) is 0 Å². The fraction of sp³-hybridized carbons (Fsp3) is 0.400. The molecule has 19 heavy (non-hydrogen) atoms. The fourth-order valence-corrected chi connectivity index (χ4v) is 2.34. The van der Waals surface area contributed by atoms with Crippen molar-refractivity contribution in [1.82, 2.24) is 15.1 Å². The molecular formula is C15H20IN3. The van der Waals surface area contributed by atoms with Crippen LogP contribution in [0.15, 0.2) is 30.5 Å². The molecule has 1 aromatic heterocycles. The van der Waals surface area contributed by atoms with E-state index in [1.54, 1.807) is 0 Å². The second kappa shape index (κ2) is 7.05. The van der Waals surface area contributed by atoms with Crippen LogP contribution in [0.5, 0.6) is 0 Å². The summed E-state index contributed by atoms with van der Waals surface area (Å²) in [6, 6.07) is 8.60. The number of halogens is 1. The summed E-state index contributed by atoms with van der Waals surface area (Å²) >= 11 is 2.33. The van der Waals surface area contributed by atoms with Crippen molar-refractivity contribution in [1.29, 1.82) is 0 Å². The average molecular weight is 369 g/mol. The van der Waals surface area contributed by atoms with E-state index in [2.05, 4.69) is 75.8 Å². The first-order chi connectivity index (χ1) is 9.20. The van der Waals surface area contributed by atoms with Crippen molar-refractivity contribution in [3.8, 4) is 0 Å². The Morgan fingerprint density at radius 1 is 1.26 bits per heavy atom. The van der Waals surface area contributed by atoms with E-state index in [0.717, 1.165) is 26.1 Å². The van der Waals surface area contributed by atoms with Gasteiger partial charge in [0.05, 0.1) is 12.7 Å². The lowest BCUT2D eigenvalue weighted by Gasteiger charge is -2.06. The highest BCUT2D eigenvalue weighted by Gasteiger charge is 2.06. The van der Waals surface area contributed by atoms with E-state index in [9.17, 15) is 0 Å². The molecule has 0 unspecified atom stereocenters. The molecule has 3 nitrogen and oxygen atoms in total. The normalized spacial score (nSPS) is 10.9. The smallest absolute Gasteiger partial charge is 0.0662 e. The summed E-state index contributed by atoms with van der Waals surface area (Å²) in [6.07, 6.45) is 3.14. The number of hydrogen-bond donors (Lipinski definition) is 1. The van der Waals surface area contributed by atoms with Crippen molar-refractivity contribution in [2.45, 2.75) is 33.4 Å². The van der Waals surface area contributed by atoms with Gasteiger partial charge in [-0.05, 0) is 60.2 Å². The van der Waals surface area contributed by atoms with Gasteiger partial charge >= 0.3 is 0 Å². The van der Waals surface area contributed by atoms with Gasteiger partial charge in [0.15, 0.2) is 0 Å². The maximum atomic E-state index is 4.49. The first kappa shape index (κ1) is 14.5. The van der Waals surface area contributed by atoms with Crippen LogP contribution in [-0.4, -0.2) is 16.3 Å². The van der Waals surface area contributed by atoms with Gasteiger partial charge in [-0.2, -0.15) is 5.10 Å². The van der Waals surface area contributed by atoms with Crippen molar-refractivity contribution >= 4 is 22.6 Å². The lowest BCUT2D eigenvalue weighted by molar-refractivity contribution is 0.651. The third-order valence-electron chi connectivity index (χ3n) is 3.19. The van der Waals surface area contributed by atoms with Crippen molar-refractivity contribution in [3.05, 3.63) is 50.9 Å². The molecule has 0 amide bonds. The van der Waals surface area contributed by atoms with Gasteiger partial charge < -0.3 is 5.32 Å². The van der Waals surface area contributed by atoms with Crippen molar-refractivity contribution in [3.63, 3.8) is 0 Å². The van der Waals surface area contributed by atoms with E-state index in [1.807, 2.05) is 6.20 Å². The number of nitrogens with zero attached hydrogens (tertiary/aromatic N) is 2. The molecule has 1 aromatic carbocycles. The minimum absolute atomic E-state index is 0.844. The maximum absolute atomic E-state index is 4.49. The minimum Gasteiger partial charge on any atom is -0.313 e. The van der Waals surface area contributed by atoms with Crippen molar-refractivity contribution in [2.75, 3.05) is 6.54 Å². The van der Waals surface area contributed by atoms with Gasteiger partial charge in [0, 0.05) is 21.4 Å². The molecule has 0 fully saturated rings. The number of rotatable bonds is 6. The predicted molar refractivity (Wildman–Crippen MR) is 87.2 cm³/mol. The summed E-state index contributed by atoms with van der Waals surface area (Å²) in [6.45, 7) is 7.13. The van der Waals surface area contributed by atoms with E-state index in [-0.39, 0.29) is 0 Å². The molecule has 0 aliphatic carbocycles. The Labute approximate surface area is 128 Å². The number of nitrogens with one attached hydrogen (secondary N) is 1. The van der Waals surface area contributed by atoms with Crippen LogP contribution in [0.25, 0.3) is 0 Å². The number of benzene rings is 1. The summed E-state index contributed by atoms with van der Waals surface area (Å²) < 4.78 is 3.34. The molecule has 4 heteroatoms. The molecule has 0 bridgehead atoms. The molecule has 0 saturated carbocycles. The predicted octanol–water partition coefficient (Wildman–Crippen LogP) is 3.34. The second-order valence-electron chi connectivity index (χ2n) is 4.72. The van der Waals surface area contributed by atoms with Crippen molar-refractivity contribution < 1.29 is 0 Å². The molecule has 1 heterocycles. The van der Waals surface area contributed by atoms with Gasteiger partial charge in [0.2, 0.25) is 0 Å². The summed E-state index contributed by atoms with van der Waals surface area (Å²) in [5, 5.41) is 7.91. The van der Waals surface area contributed by atoms with Crippen LogP contribution in [0.1, 0.15) is 30.2 Å². The molecule has 2 rings (SSSR count). The Morgan fingerprint density at radius 3 is 2.68 bits per heavy atom. The zero-order chi connectivity index (χ0) is 13.7. The minimum atomic E-state index is 0.844. The molecule has 0 spiro atoms. The topological polar surface area (TPSA) is 29.9 Å². The van der Waals surface area contributed by atoms with Crippen LogP contribution in [0.4, 0.5) is 0 Å². The van der Waals surface area contributed by atoms with Crippen LogP contribution in [0.3, 0.4) is 0 Å². The van der Waals surface area contributed by atoms with Crippen LogP contribution >= 0.6 is 22.6 Å². The zero-order valence-electron chi connectivity index (χ0n) is 11.5. The van der Waals surface area contributed by atoms with Gasteiger partial charge in [-0.15, -0.1) is 0 Å². The van der Waals surface area contributed by atoms with E-state index < -0.39 is 0 Å². The Bertz CT molecular complexity index is 517. The Hall–Kier alpha value is -0.880. The molecule has 0 radical (unpaired) electrons. The van der Waals surface area contributed by atoms with Gasteiger partial charge in [-0.1, -0.05) is 19.1 Å². The molecule has 1 N–H and O–H groups in total. The van der Waals surface area contributed by atoms with Crippen LogP contribution in [0.2, 0.25) is 0 Å². The van der Waals surface area contributed by atoms with Crippen molar-refractivity contribution in [2.24, 2.45) is 0 Å². The number of aromatic nitrogens is 2. The third kappa shape index (κ3) is 4.04. The highest BCUT2D eigenvalue weighted by Crippen LogP contribution is 2.12. The first-order valence-corrected chi connectivity index (χ1v) is 7.75. The Kier molecular flexibility index (Phi) is 5.39. The Balaban J connectivity index is 2.03. The van der Waals surface area contributed by atoms with E-state index in [4.69, 9.17) is 0 Å². The van der Waals surface area contributed by atoms with Crippen LogP contribution < -0.4 is 5.32 Å². The average Bonchev–Trinajstić information content (AvgIpc) is 2.75. The fourth-order valence-electron chi connectivity index (χ4n) is 1.98. The second-order valence-corrected chi connectivity index (χ2v) is 5.96. The van der Waals surface area contributed by atoms with Gasteiger partial charge in [0.25, 0.3) is 0 Å². The molecular weight excluding hydrogens is 349 g/mol. The SMILES string of the molecule is CCCNCc1cnn(Cc2ccc(I)cc2)c1C. The maximum Gasteiger partial charge on any atom is 0.0662 e. The first-order valence-electron chi connectivity index (χ1n) is 6.67. The summed E-state index contributed by atoms with van der Waals surface area (Å²) in [4.78, 5) is 0. The molecule has 0 aliphatic rings. The lowest BCUT2D eigenvalue weighted by atomic mass is 10.2. The molecule has 102 valence electrons. The Morgan fingerprint density at radius 2 is 2.00 bits per heavy atom. The number of hydrogen-bond acceptors (Lipinski definition) is 2. The summed E-state index contributed by atoms with van der Waals surface area (Å²) in [5.41, 5.74) is 3.83. The highest BCUT2D eigenvalue weighted by molar-refractivity contribution is 14.1. The summed E-state index contributed by atoms with van der Waals surface area (Å²) in [7, 11) is 0. The molecule has 0 atom stereocenters. The van der Waals surface area contributed by atoms with Gasteiger partial charge in [-0.25, -0.2) is 0 Å². The highest BCUT2D eigenvalue weighted by atomic mass is 127. The molecule has 2 aromatic rings.